The van der Waals surface area contributed by atoms with E-state index < -0.39 is 11.8 Å². The number of nitrogens with zero attached hydrogens (tertiary/aromatic N) is 1. The Morgan fingerprint density at radius 2 is 1.37 bits per heavy atom. The molecule has 0 unspecified atom stereocenters. The first-order valence-electron chi connectivity index (χ1n) is 9.54. The Balaban J connectivity index is 1.41. The number of halogens is 1. The number of anilines is 1. The number of ketones is 1. The second-order valence-electron chi connectivity index (χ2n) is 6.95. The molecular weight excluding hydrogens is 385 g/mol. The predicted molar refractivity (Wildman–Crippen MR) is 109 cm³/mol. The van der Waals surface area contributed by atoms with Gasteiger partial charge in [0.05, 0.1) is 5.56 Å². The van der Waals surface area contributed by atoms with Crippen LogP contribution >= 0.6 is 0 Å². The molecule has 4 rings (SSSR count). The normalized spacial score (nSPS) is 13.4. The highest BCUT2D eigenvalue weighted by Crippen LogP contribution is 2.22. The van der Waals surface area contributed by atoms with E-state index in [1.807, 2.05) is 0 Å². The van der Waals surface area contributed by atoms with Crippen molar-refractivity contribution in [3.8, 4) is 5.75 Å². The molecule has 1 aliphatic heterocycles. The lowest BCUT2D eigenvalue weighted by Gasteiger charge is -2.15. The molecule has 6 heteroatoms. The second-order valence-corrected chi connectivity index (χ2v) is 6.95. The standard InChI is InChI=1S/C24H18FNO4/c25-19-9-3-16(4-10-19)23(28)17-7-13-21(14-8-17)30-24(29)18-5-11-20(12-6-18)26-15-1-2-22(26)27/h3-14H,1-2,15H2. The number of ether oxygens (including phenoxy) is 1. The maximum absolute atomic E-state index is 13.0. The Kier molecular flexibility index (Phi) is 5.39. The van der Waals surface area contributed by atoms with Gasteiger partial charge in [0, 0.05) is 29.8 Å². The molecular formula is C24H18FNO4. The van der Waals surface area contributed by atoms with Crippen LogP contribution in [-0.4, -0.2) is 24.2 Å². The van der Waals surface area contributed by atoms with Crippen molar-refractivity contribution in [2.75, 3.05) is 11.4 Å². The number of esters is 1. The predicted octanol–water partition coefficient (Wildman–Crippen LogP) is 4.40. The Bertz CT molecular complexity index is 1090. The minimum absolute atomic E-state index is 0.0839. The zero-order valence-corrected chi connectivity index (χ0v) is 16.0. The molecule has 3 aromatic rings. The minimum atomic E-state index is -0.535. The van der Waals surface area contributed by atoms with Crippen LogP contribution in [0.4, 0.5) is 10.1 Å². The maximum atomic E-state index is 13.0. The fraction of sp³-hybridized carbons (Fsp3) is 0.125. The van der Waals surface area contributed by atoms with Crippen LogP contribution in [-0.2, 0) is 4.79 Å². The van der Waals surface area contributed by atoms with E-state index in [4.69, 9.17) is 4.74 Å². The van der Waals surface area contributed by atoms with Crippen LogP contribution in [0.25, 0.3) is 0 Å². The lowest BCUT2D eigenvalue weighted by molar-refractivity contribution is -0.117. The summed E-state index contributed by atoms with van der Waals surface area (Å²) < 4.78 is 18.4. The molecule has 1 heterocycles. The van der Waals surface area contributed by atoms with Gasteiger partial charge in [0.15, 0.2) is 5.78 Å². The molecule has 150 valence electrons. The van der Waals surface area contributed by atoms with Crippen LogP contribution in [0.3, 0.4) is 0 Å². The average molecular weight is 403 g/mol. The SMILES string of the molecule is O=C(Oc1ccc(C(=O)c2ccc(F)cc2)cc1)c1ccc(N2CCCC2=O)cc1. The number of benzene rings is 3. The van der Waals surface area contributed by atoms with Crippen LogP contribution in [0.15, 0.2) is 72.8 Å². The molecule has 0 saturated carbocycles. The van der Waals surface area contributed by atoms with Gasteiger partial charge in [0.25, 0.3) is 0 Å². The van der Waals surface area contributed by atoms with Gasteiger partial charge < -0.3 is 9.64 Å². The van der Waals surface area contributed by atoms with Gasteiger partial charge >= 0.3 is 5.97 Å². The molecule has 5 nitrogen and oxygen atoms in total. The van der Waals surface area contributed by atoms with E-state index in [-0.39, 0.29) is 11.7 Å². The Morgan fingerprint density at radius 3 is 1.93 bits per heavy atom. The van der Waals surface area contributed by atoms with Crippen molar-refractivity contribution in [1.29, 1.82) is 0 Å². The molecule has 0 spiro atoms. The van der Waals surface area contributed by atoms with Gasteiger partial charge in [-0.1, -0.05) is 0 Å². The topological polar surface area (TPSA) is 63.7 Å². The summed E-state index contributed by atoms with van der Waals surface area (Å²) in [6.45, 7) is 0.686. The van der Waals surface area contributed by atoms with Crippen molar-refractivity contribution >= 4 is 23.3 Å². The van der Waals surface area contributed by atoms with Gasteiger partial charge in [-0.2, -0.15) is 0 Å². The highest BCUT2D eigenvalue weighted by atomic mass is 19.1. The maximum Gasteiger partial charge on any atom is 0.343 e. The highest BCUT2D eigenvalue weighted by molar-refractivity contribution is 6.09. The van der Waals surface area contributed by atoms with Crippen molar-refractivity contribution in [2.24, 2.45) is 0 Å². The number of hydrogen-bond acceptors (Lipinski definition) is 4. The van der Waals surface area contributed by atoms with Gasteiger partial charge in [-0.05, 0) is 79.2 Å². The third-order valence-corrected chi connectivity index (χ3v) is 4.92. The van der Waals surface area contributed by atoms with Crippen molar-refractivity contribution in [1.82, 2.24) is 0 Å². The van der Waals surface area contributed by atoms with Crippen molar-refractivity contribution < 1.29 is 23.5 Å². The Morgan fingerprint density at radius 1 is 0.800 bits per heavy atom. The van der Waals surface area contributed by atoms with E-state index in [9.17, 15) is 18.8 Å². The first kappa shape index (κ1) is 19.5. The van der Waals surface area contributed by atoms with Crippen molar-refractivity contribution in [2.45, 2.75) is 12.8 Å². The molecule has 30 heavy (non-hydrogen) atoms. The van der Waals surface area contributed by atoms with Gasteiger partial charge in [-0.25, -0.2) is 9.18 Å². The fourth-order valence-electron chi connectivity index (χ4n) is 3.31. The van der Waals surface area contributed by atoms with Crippen LogP contribution in [0.1, 0.15) is 39.1 Å². The number of amides is 1. The minimum Gasteiger partial charge on any atom is -0.423 e. The Labute approximate surface area is 172 Å². The second kappa shape index (κ2) is 8.29. The van der Waals surface area contributed by atoms with E-state index in [0.29, 0.717) is 35.4 Å². The van der Waals surface area contributed by atoms with Gasteiger partial charge in [0.2, 0.25) is 5.91 Å². The summed E-state index contributed by atoms with van der Waals surface area (Å²) in [5.41, 5.74) is 1.90. The van der Waals surface area contributed by atoms with Crippen molar-refractivity contribution in [3.63, 3.8) is 0 Å². The van der Waals surface area contributed by atoms with Crippen LogP contribution in [0.2, 0.25) is 0 Å². The molecule has 0 atom stereocenters. The highest BCUT2D eigenvalue weighted by Gasteiger charge is 2.22. The van der Waals surface area contributed by atoms with E-state index in [2.05, 4.69) is 0 Å². The molecule has 0 aromatic heterocycles. The third kappa shape index (κ3) is 4.12. The molecule has 1 saturated heterocycles. The van der Waals surface area contributed by atoms with Crippen LogP contribution in [0.5, 0.6) is 5.75 Å². The average Bonchev–Trinajstić information content (AvgIpc) is 3.20. The lowest BCUT2D eigenvalue weighted by atomic mass is 10.0. The molecule has 0 bridgehead atoms. The summed E-state index contributed by atoms with van der Waals surface area (Å²) in [4.78, 5) is 38.3. The summed E-state index contributed by atoms with van der Waals surface area (Å²) in [5, 5.41) is 0. The summed E-state index contributed by atoms with van der Waals surface area (Å²) in [6, 6.07) is 18.2. The Hall–Kier alpha value is -3.80. The summed E-state index contributed by atoms with van der Waals surface area (Å²) >= 11 is 0. The van der Waals surface area contributed by atoms with Crippen molar-refractivity contribution in [3.05, 3.63) is 95.3 Å². The largest absolute Gasteiger partial charge is 0.423 e. The van der Waals surface area contributed by atoms with E-state index in [0.717, 1.165) is 12.1 Å². The number of carbonyl (C=O) groups excluding carboxylic acids is 3. The van der Waals surface area contributed by atoms with E-state index in [1.54, 1.807) is 41.3 Å². The van der Waals surface area contributed by atoms with Crippen LogP contribution < -0.4 is 9.64 Å². The molecule has 1 aliphatic rings. The summed E-state index contributed by atoms with van der Waals surface area (Å²) in [5.74, 6) is -0.809. The monoisotopic (exact) mass is 403 g/mol. The smallest absolute Gasteiger partial charge is 0.343 e. The van der Waals surface area contributed by atoms with E-state index in [1.165, 1.54) is 36.4 Å². The zero-order valence-electron chi connectivity index (χ0n) is 16.0. The number of hydrogen-bond donors (Lipinski definition) is 0. The molecule has 0 radical (unpaired) electrons. The molecule has 1 fully saturated rings. The molecule has 0 aliphatic carbocycles. The molecule has 1 amide bonds. The molecule has 0 N–H and O–H groups in total. The van der Waals surface area contributed by atoms with E-state index >= 15 is 0 Å². The summed E-state index contributed by atoms with van der Waals surface area (Å²) in [6.07, 6.45) is 1.38. The lowest BCUT2D eigenvalue weighted by Crippen LogP contribution is -2.23. The van der Waals surface area contributed by atoms with Gasteiger partial charge in [0.1, 0.15) is 11.6 Å². The zero-order chi connectivity index (χ0) is 21.1. The third-order valence-electron chi connectivity index (χ3n) is 4.92. The number of rotatable bonds is 5. The van der Waals surface area contributed by atoms with Gasteiger partial charge in [-0.15, -0.1) is 0 Å². The fourth-order valence-corrected chi connectivity index (χ4v) is 3.31. The quantitative estimate of drug-likeness (QED) is 0.360. The number of carbonyl (C=O) groups is 3. The summed E-state index contributed by atoms with van der Waals surface area (Å²) in [7, 11) is 0. The molecule has 3 aromatic carbocycles. The van der Waals surface area contributed by atoms with Crippen LogP contribution in [0, 0.1) is 5.82 Å². The van der Waals surface area contributed by atoms with Gasteiger partial charge in [-0.3, -0.25) is 9.59 Å². The first-order chi connectivity index (χ1) is 14.5. The first-order valence-corrected chi connectivity index (χ1v) is 9.54.